The molecule has 1 atom stereocenters. The Balaban J connectivity index is 1.23. The summed E-state index contributed by atoms with van der Waals surface area (Å²) in [5.74, 6) is -1.19. The van der Waals surface area contributed by atoms with Crippen LogP contribution in [0, 0.1) is 6.92 Å². The smallest absolute Gasteiger partial charge is 0.407 e. The number of anilines is 1. The van der Waals surface area contributed by atoms with Crippen molar-refractivity contribution in [3.63, 3.8) is 0 Å². The molecular formula is C34H34N2O4. The van der Waals surface area contributed by atoms with Crippen molar-refractivity contribution in [3.05, 3.63) is 125 Å². The van der Waals surface area contributed by atoms with E-state index in [4.69, 9.17) is 4.74 Å². The number of carbonyl (C=O) groups excluding carboxylic acids is 1. The Morgan fingerprint density at radius 2 is 1.52 bits per heavy atom. The number of fused-ring (bicyclic) bond motifs is 3. The van der Waals surface area contributed by atoms with Gasteiger partial charge in [0.05, 0.1) is 0 Å². The Morgan fingerprint density at radius 1 is 0.900 bits per heavy atom. The Labute approximate surface area is 235 Å². The Morgan fingerprint density at radius 3 is 2.12 bits per heavy atom. The first-order valence-electron chi connectivity index (χ1n) is 13.7. The van der Waals surface area contributed by atoms with Gasteiger partial charge in [0.1, 0.15) is 12.6 Å². The number of amides is 1. The molecule has 5 rings (SSSR count). The largest absolute Gasteiger partial charge is 0.480 e. The molecule has 0 saturated heterocycles. The maximum absolute atomic E-state index is 12.8. The first kappa shape index (κ1) is 27.0. The van der Waals surface area contributed by atoms with E-state index in [1.165, 1.54) is 5.56 Å². The summed E-state index contributed by atoms with van der Waals surface area (Å²) in [5, 5.41) is 12.5. The van der Waals surface area contributed by atoms with Gasteiger partial charge in [-0.05, 0) is 64.9 Å². The number of hydrogen-bond acceptors (Lipinski definition) is 4. The van der Waals surface area contributed by atoms with Crippen LogP contribution in [0.1, 0.15) is 40.7 Å². The molecule has 4 aromatic rings. The van der Waals surface area contributed by atoms with Gasteiger partial charge in [-0.15, -0.1) is 0 Å². The second-order valence-electron chi connectivity index (χ2n) is 10.2. The second-order valence-corrected chi connectivity index (χ2v) is 10.2. The molecule has 0 radical (unpaired) electrons. The van der Waals surface area contributed by atoms with Crippen LogP contribution in [0.4, 0.5) is 10.5 Å². The molecule has 0 aromatic heterocycles. The fourth-order valence-corrected chi connectivity index (χ4v) is 5.50. The average molecular weight is 535 g/mol. The van der Waals surface area contributed by atoms with E-state index < -0.39 is 18.1 Å². The van der Waals surface area contributed by atoms with Crippen LogP contribution in [0.2, 0.25) is 0 Å². The highest BCUT2D eigenvalue weighted by Gasteiger charge is 2.30. The minimum absolute atomic E-state index is 0.0892. The van der Waals surface area contributed by atoms with E-state index in [9.17, 15) is 14.7 Å². The fraction of sp³-hybridized carbons (Fsp3) is 0.235. The summed E-state index contributed by atoms with van der Waals surface area (Å²) in [6.07, 6.45) is -0.570. The summed E-state index contributed by atoms with van der Waals surface area (Å²) < 4.78 is 5.59. The molecule has 6 heteroatoms. The van der Waals surface area contributed by atoms with Gasteiger partial charge >= 0.3 is 12.1 Å². The van der Waals surface area contributed by atoms with Gasteiger partial charge in [-0.25, -0.2) is 9.59 Å². The minimum Gasteiger partial charge on any atom is -0.480 e. The number of benzene rings is 4. The molecule has 0 bridgehead atoms. The van der Waals surface area contributed by atoms with Crippen LogP contribution < -0.4 is 10.2 Å². The fourth-order valence-electron chi connectivity index (χ4n) is 5.50. The third kappa shape index (κ3) is 5.86. The molecule has 0 fully saturated rings. The summed E-state index contributed by atoms with van der Waals surface area (Å²) in [5.41, 5.74) is 8.63. The Hall–Kier alpha value is -4.58. The first-order chi connectivity index (χ1) is 19.4. The molecule has 4 aromatic carbocycles. The van der Waals surface area contributed by atoms with E-state index in [2.05, 4.69) is 47.5 Å². The van der Waals surface area contributed by atoms with Gasteiger partial charge in [-0.2, -0.15) is 0 Å². The molecule has 6 nitrogen and oxygen atoms in total. The highest BCUT2D eigenvalue weighted by molar-refractivity contribution is 5.81. The quantitative estimate of drug-likeness (QED) is 0.241. The summed E-state index contributed by atoms with van der Waals surface area (Å²) in [7, 11) is 0. The van der Waals surface area contributed by atoms with Gasteiger partial charge in [-0.3, -0.25) is 0 Å². The van der Waals surface area contributed by atoms with Gasteiger partial charge in [-0.1, -0.05) is 84.9 Å². The highest BCUT2D eigenvalue weighted by Crippen LogP contribution is 2.44. The van der Waals surface area contributed by atoms with Crippen LogP contribution in [0.15, 0.2) is 97.1 Å². The minimum atomic E-state index is -1.10. The van der Waals surface area contributed by atoms with Crippen molar-refractivity contribution >= 4 is 17.7 Å². The zero-order valence-electron chi connectivity index (χ0n) is 22.8. The lowest BCUT2D eigenvalue weighted by atomic mass is 9.98. The standard InChI is InChI=1S/C34H34N2O4/c1-3-36(21-24-11-5-4-6-12-24)26-18-17-25(23(2)19-26)20-32(33(37)38)35-34(39)40-22-31-29-15-9-7-13-27(29)28-14-8-10-16-30(28)31/h4-19,31-32H,3,20-22H2,1-2H3,(H,35,39)(H,37,38). The van der Waals surface area contributed by atoms with Crippen LogP contribution in [0.3, 0.4) is 0 Å². The van der Waals surface area contributed by atoms with Crippen molar-refractivity contribution < 1.29 is 19.4 Å². The van der Waals surface area contributed by atoms with Crippen LogP contribution in [0.25, 0.3) is 11.1 Å². The van der Waals surface area contributed by atoms with Crippen molar-refractivity contribution in [1.82, 2.24) is 5.32 Å². The molecule has 0 heterocycles. The molecule has 1 aliphatic carbocycles. The van der Waals surface area contributed by atoms with E-state index in [0.717, 1.165) is 52.2 Å². The number of hydrogen-bond donors (Lipinski definition) is 2. The van der Waals surface area contributed by atoms with E-state index in [-0.39, 0.29) is 18.9 Å². The molecule has 1 aliphatic rings. The highest BCUT2D eigenvalue weighted by atomic mass is 16.5. The third-order valence-corrected chi connectivity index (χ3v) is 7.65. The Bertz CT molecular complexity index is 1460. The van der Waals surface area contributed by atoms with Crippen LogP contribution >= 0.6 is 0 Å². The number of aryl methyl sites for hydroxylation is 1. The number of carboxylic acid groups (broad SMARTS) is 1. The summed E-state index contributed by atoms with van der Waals surface area (Å²) in [4.78, 5) is 27.1. The molecule has 1 unspecified atom stereocenters. The molecule has 2 N–H and O–H groups in total. The predicted molar refractivity (Wildman–Crippen MR) is 158 cm³/mol. The molecule has 0 aliphatic heterocycles. The number of carbonyl (C=O) groups is 2. The number of nitrogens with one attached hydrogen (secondary N) is 1. The topological polar surface area (TPSA) is 78.9 Å². The number of aliphatic carboxylic acids is 1. The van der Waals surface area contributed by atoms with Gasteiger partial charge in [0.25, 0.3) is 0 Å². The lowest BCUT2D eigenvalue weighted by Crippen LogP contribution is -2.43. The van der Waals surface area contributed by atoms with Crippen LogP contribution in [-0.4, -0.2) is 36.4 Å². The normalized spacial score (nSPS) is 12.8. The third-order valence-electron chi connectivity index (χ3n) is 7.65. The molecule has 0 saturated carbocycles. The molecule has 40 heavy (non-hydrogen) atoms. The van der Waals surface area contributed by atoms with Crippen molar-refractivity contribution in [2.24, 2.45) is 0 Å². The van der Waals surface area contributed by atoms with Gasteiger partial charge < -0.3 is 20.1 Å². The number of ether oxygens (including phenoxy) is 1. The van der Waals surface area contributed by atoms with Crippen molar-refractivity contribution in [3.8, 4) is 11.1 Å². The Kier molecular flexibility index (Phi) is 8.15. The van der Waals surface area contributed by atoms with E-state index in [1.54, 1.807) is 0 Å². The summed E-state index contributed by atoms with van der Waals surface area (Å²) >= 11 is 0. The molecule has 0 spiro atoms. The number of carboxylic acids is 1. The van der Waals surface area contributed by atoms with Crippen LogP contribution in [-0.2, 0) is 22.5 Å². The maximum Gasteiger partial charge on any atom is 0.407 e. The monoisotopic (exact) mass is 534 g/mol. The first-order valence-corrected chi connectivity index (χ1v) is 13.7. The molecule has 1 amide bonds. The van der Waals surface area contributed by atoms with Gasteiger partial charge in [0.2, 0.25) is 0 Å². The zero-order valence-corrected chi connectivity index (χ0v) is 22.8. The number of rotatable bonds is 10. The summed E-state index contributed by atoms with van der Waals surface area (Å²) in [6.45, 7) is 5.85. The average Bonchev–Trinajstić information content (AvgIpc) is 3.29. The lowest BCUT2D eigenvalue weighted by molar-refractivity contribution is -0.139. The van der Waals surface area contributed by atoms with Crippen molar-refractivity contribution in [2.45, 2.75) is 38.8 Å². The van der Waals surface area contributed by atoms with E-state index in [1.807, 2.05) is 73.7 Å². The number of nitrogens with zero attached hydrogens (tertiary/aromatic N) is 1. The van der Waals surface area contributed by atoms with Crippen molar-refractivity contribution in [2.75, 3.05) is 18.1 Å². The van der Waals surface area contributed by atoms with E-state index >= 15 is 0 Å². The zero-order chi connectivity index (χ0) is 28.1. The SMILES string of the molecule is CCN(Cc1ccccc1)c1ccc(CC(NC(=O)OCC2c3ccccc3-c3ccccc32)C(=O)O)c(C)c1. The van der Waals surface area contributed by atoms with E-state index in [0.29, 0.717) is 0 Å². The maximum atomic E-state index is 12.8. The van der Waals surface area contributed by atoms with Crippen LogP contribution in [0.5, 0.6) is 0 Å². The lowest BCUT2D eigenvalue weighted by Gasteiger charge is -2.25. The second kappa shape index (κ2) is 12.1. The molecular weight excluding hydrogens is 500 g/mol. The van der Waals surface area contributed by atoms with Gasteiger partial charge in [0.15, 0.2) is 0 Å². The molecule has 204 valence electrons. The van der Waals surface area contributed by atoms with Crippen molar-refractivity contribution in [1.29, 1.82) is 0 Å². The summed E-state index contributed by atoms with van der Waals surface area (Å²) in [6, 6.07) is 31.4. The van der Waals surface area contributed by atoms with Gasteiger partial charge in [0, 0.05) is 31.1 Å². The predicted octanol–water partition coefficient (Wildman–Crippen LogP) is 6.56. The number of alkyl carbamates (subject to hydrolysis) is 1.